The summed E-state index contributed by atoms with van der Waals surface area (Å²) < 4.78 is 1.56. The summed E-state index contributed by atoms with van der Waals surface area (Å²) in [5, 5.41) is 0. The second kappa shape index (κ2) is 5.28. The Morgan fingerprint density at radius 1 is 1.19 bits per heavy atom. The fourth-order valence-corrected chi connectivity index (χ4v) is 2.17. The highest BCUT2D eigenvalue weighted by Gasteiger charge is 2.13. The van der Waals surface area contributed by atoms with Crippen LogP contribution in [-0.2, 0) is 6.54 Å². The number of hydrogen-bond acceptors (Lipinski definition) is 4. The molecule has 3 aromatic rings. The van der Waals surface area contributed by atoms with Crippen LogP contribution in [0.15, 0.2) is 54.1 Å². The molecule has 0 N–H and O–H groups in total. The maximum absolute atomic E-state index is 12.6. The molecular formula is C16H14N4O. The summed E-state index contributed by atoms with van der Waals surface area (Å²) in [6.45, 7) is 6.09. The number of aryl methyl sites for hydroxylation is 1. The molecule has 0 amide bonds. The summed E-state index contributed by atoms with van der Waals surface area (Å²) in [7, 11) is 0. The van der Waals surface area contributed by atoms with Gasteiger partial charge >= 0.3 is 0 Å². The van der Waals surface area contributed by atoms with Crippen LogP contribution in [-0.4, -0.2) is 19.5 Å². The summed E-state index contributed by atoms with van der Waals surface area (Å²) in [6.07, 6.45) is 4.70. The number of hydrogen-bond donors (Lipinski definition) is 0. The van der Waals surface area contributed by atoms with E-state index in [4.69, 9.17) is 0 Å². The summed E-state index contributed by atoms with van der Waals surface area (Å²) in [5.74, 6) is 0.577. The Morgan fingerprint density at radius 2 is 1.90 bits per heavy atom. The third-order valence-corrected chi connectivity index (χ3v) is 3.22. The van der Waals surface area contributed by atoms with Crippen molar-refractivity contribution in [2.75, 3.05) is 0 Å². The number of rotatable bonds is 3. The second-order valence-electron chi connectivity index (χ2n) is 4.73. The summed E-state index contributed by atoms with van der Waals surface area (Å²) in [4.78, 5) is 25.3. The molecule has 5 heteroatoms. The van der Waals surface area contributed by atoms with E-state index in [9.17, 15) is 4.79 Å². The lowest BCUT2D eigenvalue weighted by Gasteiger charge is -2.11. The molecule has 1 aromatic carbocycles. The number of aromatic nitrogens is 4. The molecule has 0 bridgehead atoms. The van der Waals surface area contributed by atoms with Crippen LogP contribution in [0.25, 0.3) is 22.6 Å². The highest BCUT2D eigenvalue weighted by molar-refractivity contribution is 5.71. The maximum Gasteiger partial charge on any atom is 0.282 e. The lowest BCUT2D eigenvalue weighted by molar-refractivity contribution is 0.774. The molecule has 0 unspecified atom stereocenters. The van der Waals surface area contributed by atoms with Crippen molar-refractivity contribution in [3.8, 4) is 11.4 Å². The average molecular weight is 278 g/mol. The Hall–Kier alpha value is -2.82. The SMILES string of the molecule is C=CCn1c(-c2ccc(C)cc2)nc2nccnc2c1=O. The minimum absolute atomic E-state index is 0.205. The van der Waals surface area contributed by atoms with Crippen LogP contribution >= 0.6 is 0 Å². The zero-order valence-electron chi connectivity index (χ0n) is 11.7. The van der Waals surface area contributed by atoms with Crippen LogP contribution < -0.4 is 5.56 Å². The van der Waals surface area contributed by atoms with Crippen molar-refractivity contribution in [3.05, 3.63) is 65.2 Å². The smallest absolute Gasteiger partial charge is 0.282 e. The van der Waals surface area contributed by atoms with Crippen molar-refractivity contribution in [1.82, 2.24) is 19.5 Å². The Morgan fingerprint density at radius 3 is 2.62 bits per heavy atom. The Kier molecular flexibility index (Phi) is 3.31. The fourth-order valence-electron chi connectivity index (χ4n) is 2.17. The van der Waals surface area contributed by atoms with Gasteiger partial charge in [-0.3, -0.25) is 9.36 Å². The van der Waals surface area contributed by atoms with Crippen molar-refractivity contribution in [1.29, 1.82) is 0 Å². The number of fused-ring (bicyclic) bond motifs is 1. The molecule has 2 heterocycles. The van der Waals surface area contributed by atoms with E-state index in [2.05, 4.69) is 21.5 Å². The lowest BCUT2D eigenvalue weighted by Crippen LogP contribution is -2.24. The first-order chi connectivity index (χ1) is 10.2. The predicted molar refractivity (Wildman–Crippen MR) is 82.0 cm³/mol. The third-order valence-electron chi connectivity index (χ3n) is 3.22. The topological polar surface area (TPSA) is 60.7 Å². The molecule has 0 aliphatic rings. The van der Waals surface area contributed by atoms with Gasteiger partial charge in [-0.15, -0.1) is 6.58 Å². The molecule has 0 radical (unpaired) electrons. The predicted octanol–water partition coefficient (Wildman–Crippen LogP) is 2.35. The molecule has 0 spiro atoms. The number of nitrogens with zero attached hydrogens (tertiary/aromatic N) is 4. The second-order valence-corrected chi connectivity index (χ2v) is 4.73. The monoisotopic (exact) mass is 278 g/mol. The van der Waals surface area contributed by atoms with Crippen LogP contribution in [0.5, 0.6) is 0 Å². The molecule has 0 saturated carbocycles. The third kappa shape index (κ3) is 2.33. The largest absolute Gasteiger partial charge is 0.287 e. The van der Waals surface area contributed by atoms with Crippen molar-refractivity contribution in [3.63, 3.8) is 0 Å². The van der Waals surface area contributed by atoms with Crippen LogP contribution in [0.1, 0.15) is 5.56 Å². The average Bonchev–Trinajstić information content (AvgIpc) is 2.51. The Balaban J connectivity index is 2.34. The van der Waals surface area contributed by atoms with Crippen LogP contribution in [0.2, 0.25) is 0 Å². The summed E-state index contributed by atoms with van der Waals surface area (Å²) in [6, 6.07) is 7.86. The van der Waals surface area contributed by atoms with Gasteiger partial charge in [0.2, 0.25) is 0 Å². The van der Waals surface area contributed by atoms with Gasteiger partial charge in [0.1, 0.15) is 5.82 Å². The first-order valence-electron chi connectivity index (χ1n) is 6.60. The molecule has 0 aliphatic carbocycles. The minimum Gasteiger partial charge on any atom is -0.287 e. The molecule has 21 heavy (non-hydrogen) atoms. The van der Waals surface area contributed by atoms with Gasteiger partial charge in [0.15, 0.2) is 11.2 Å². The zero-order chi connectivity index (χ0) is 14.8. The molecule has 0 aliphatic heterocycles. The summed E-state index contributed by atoms with van der Waals surface area (Å²) in [5.41, 5.74) is 2.45. The van der Waals surface area contributed by atoms with Crippen LogP contribution in [0.4, 0.5) is 0 Å². The lowest BCUT2D eigenvalue weighted by atomic mass is 10.1. The number of allylic oxidation sites excluding steroid dienone is 1. The van der Waals surface area contributed by atoms with Gasteiger partial charge in [-0.25, -0.2) is 15.0 Å². The molecule has 3 rings (SSSR count). The fraction of sp³-hybridized carbons (Fsp3) is 0.125. The van der Waals surface area contributed by atoms with Gasteiger partial charge in [-0.2, -0.15) is 0 Å². The molecule has 0 saturated heterocycles. The van der Waals surface area contributed by atoms with E-state index in [0.29, 0.717) is 18.0 Å². The quantitative estimate of drug-likeness (QED) is 0.690. The van der Waals surface area contributed by atoms with E-state index >= 15 is 0 Å². The Labute approximate surface area is 121 Å². The van der Waals surface area contributed by atoms with Crippen LogP contribution in [0, 0.1) is 6.92 Å². The van der Waals surface area contributed by atoms with Gasteiger partial charge in [-0.05, 0) is 6.92 Å². The first kappa shape index (κ1) is 13.2. The zero-order valence-corrected chi connectivity index (χ0v) is 11.7. The Bertz CT molecular complexity index is 866. The van der Waals surface area contributed by atoms with Crippen molar-refractivity contribution in [2.45, 2.75) is 13.5 Å². The number of benzene rings is 1. The van der Waals surface area contributed by atoms with Gasteiger partial charge in [0.05, 0.1) is 0 Å². The maximum atomic E-state index is 12.6. The highest BCUT2D eigenvalue weighted by atomic mass is 16.1. The van der Waals surface area contributed by atoms with Crippen molar-refractivity contribution >= 4 is 11.2 Å². The van der Waals surface area contributed by atoms with E-state index in [1.807, 2.05) is 31.2 Å². The molecule has 0 fully saturated rings. The van der Waals surface area contributed by atoms with E-state index in [-0.39, 0.29) is 11.1 Å². The molecule has 5 nitrogen and oxygen atoms in total. The van der Waals surface area contributed by atoms with E-state index in [0.717, 1.165) is 11.1 Å². The van der Waals surface area contributed by atoms with E-state index in [1.54, 1.807) is 10.6 Å². The molecule has 104 valence electrons. The van der Waals surface area contributed by atoms with Gasteiger partial charge in [0.25, 0.3) is 5.56 Å². The van der Waals surface area contributed by atoms with Crippen molar-refractivity contribution in [2.24, 2.45) is 0 Å². The summed E-state index contributed by atoms with van der Waals surface area (Å²) >= 11 is 0. The van der Waals surface area contributed by atoms with E-state index < -0.39 is 0 Å². The van der Waals surface area contributed by atoms with Crippen LogP contribution in [0.3, 0.4) is 0 Å². The highest BCUT2D eigenvalue weighted by Crippen LogP contribution is 2.18. The van der Waals surface area contributed by atoms with Gasteiger partial charge in [-0.1, -0.05) is 35.9 Å². The van der Waals surface area contributed by atoms with E-state index in [1.165, 1.54) is 12.4 Å². The molecule has 2 aromatic heterocycles. The normalized spacial score (nSPS) is 10.7. The molecule has 0 atom stereocenters. The molecular weight excluding hydrogens is 264 g/mol. The van der Waals surface area contributed by atoms with Crippen molar-refractivity contribution < 1.29 is 0 Å². The first-order valence-corrected chi connectivity index (χ1v) is 6.60. The van der Waals surface area contributed by atoms with Gasteiger partial charge in [0, 0.05) is 24.5 Å². The standard InChI is InChI=1S/C16H14N4O/c1-3-10-20-15(12-6-4-11(2)5-7-12)19-14-13(16(20)21)17-8-9-18-14/h3-9H,1,10H2,2H3. The van der Waals surface area contributed by atoms with Gasteiger partial charge < -0.3 is 0 Å². The minimum atomic E-state index is -0.205.